The summed E-state index contributed by atoms with van der Waals surface area (Å²) < 4.78 is 0. The van der Waals surface area contributed by atoms with Gasteiger partial charge >= 0.3 is 0 Å². The molecule has 128 valence electrons. The SMILES string of the molecule is CCCC(CN(C)CN)N1c2ccccc2CCc2ccccc21. The lowest BCUT2D eigenvalue weighted by atomic mass is 10.0. The highest BCUT2D eigenvalue weighted by atomic mass is 15.2. The molecule has 0 bridgehead atoms. The molecule has 2 aromatic carbocycles. The van der Waals surface area contributed by atoms with Crippen LogP contribution in [0.15, 0.2) is 48.5 Å². The summed E-state index contributed by atoms with van der Waals surface area (Å²) in [5, 5.41) is 0. The van der Waals surface area contributed by atoms with Crippen molar-refractivity contribution in [1.29, 1.82) is 0 Å². The third kappa shape index (κ3) is 3.47. The summed E-state index contributed by atoms with van der Waals surface area (Å²) in [7, 11) is 2.11. The first-order valence-corrected chi connectivity index (χ1v) is 9.08. The zero-order valence-corrected chi connectivity index (χ0v) is 14.9. The molecule has 0 fully saturated rings. The van der Waals surface area contributed by atoms with Crippen molar-refractivity contribution in [3.8, 4) is 0 Å². The Kier molecular flexibility index (Phi) is 5.54. The van der Waals surface area contributed by atoms with E-state index in [4.69, 9.17) is 5.73 Å². The number of hydrogen-bond donors (Lipinski definition) is 1. The number of aryl methyl sites for hydroxylation is 2. The Bertz CT molecular complexity index is 620. The first-order valence-electron chi connectivity index (χ1n) is 9.08. The van der Waals surface area contributed by atoms with E-state index in [0.29, 0.717) is 12.7 Å². The minimum absolute atomic E-state index is 0.434. The molecule has 0 saturated heterocycles. The summed E-state index contributed by atoms with van der Waals surface area (Å²) in [5.41, 5.74) is 11.5. The second-order valence-corrected chi connectivity index (χ2v) is 6.79. The summed E-state index contributed by atoms with van der Waals surface area (Å²) in [4.78, 5) is 4.80. The molecule has 3 rings (SSSR count). The molecule has 0 saturated carbocycles. The van der Waals surface area contributed by atoms with E-state index in [2.05, 4.69) is 72.3 Å². The van der Waals surface area contributed by atoms with Crippen molar-refractivity contribution in [2.24, 2.45) is 5.73 Å². The molecule has 24 heavy (non-hydrogen) atoms. The minimum atomic E-state index is 0.434. The van der Waals surface area contributed by atoms with Crippen LogP contribution in [0.3, 0.4) is 0 Å². The molecule has 3 heteroatoms. The van der Waals surface area contributed by atoms with Crippen molar-refractivity contribution in [1.82, 2.24) is 4.90 Å². The number of fused-ring (bicyclic) bond motifs is 2. The number of likely N-dealkylation sites (N-methyl/N-ethyl adjacent to an activating group) is 1. The second-order valence-electron chi connectivity index (χ2n) is 6.79. The highest BCUT2D eigenvalue weighted by Crippen LogP contribution is 2.38. The van der Waals surface area contributed by atoms with Gasteiger partial charge in [0.15, 0.2) is 0 Å². The Hall–Kier alpha value is -1.84. The van der Waals surface area contributed by atoms with E-state index < -0.39 is 0 Å². The summed E-state index contributed by atoms with van der Waals surface area (Å²) in [5.74, 6) is 0. The Balaban J connectivity index is 2.08. The van der Waals surface area contributed by atoms with Crippen LogP contribution in [0.25, 0.3) is 0 Å². The van der Waals surface area contributed by atoms with Gasteiger partial charge in [0.2, 0.25) is 0 Å². The number of benzene rings is 2. The molecule has 1 atom stereocenters. The Morgan fingerprint density at radius 1 is 1.00 bits per heavy atom. The molecule has 2 aromatic rings. The van der Waals surface area contributed by atoms with Gasteiger partial charge in [0.25, 0.3) is 0 Å². The van der Waals surface area contributed by atoms with Crippen molar-refractivity contribution in [3.05, 3.63) is 59.7 Å². The monoisotopic (exact) mass is 323 g/mol. The standard InChI is InChI=1S/C21H29N3/c1-3-8-19(15-23(2)16-22)24-20-11-6-4-9-17(20)13-14-18-10-5-7-12-21(18)24/h4-7,9-12,19H,3,8,13-16,22H2,1-2H3. The van der Waals surface area contributed by atoms with Crippen LogP contribution in [0.4, 0.5) is 11.4 Å². The van der Waals surface area contributed by atoms with Crippen molar-refractivity contribution in [2.75, 3.05) is 25.2 Å². The fraction of sp³-hybridized carbons (Fsp3) is 0.429. The summed E-state index contributed by atoms with van der Waals surface area (Å²) in [6.07, 6.45) is 4.54. The summed E-state index contributed by atoms with van der Waals surface area (Å²) in [6, 6.07) is 18.2. The molecule has 1 aliphatic heterocycles. The molecule has 1 aliphatic rings. The molecule has 3 nitrogen and oxygen atoms in total. The highest BCUT2D eigenvalue weighted by Gasteiger charge is 2.27. The molecule has 2 N–H and O–H groups in total. The molecule has 0 aliphatic carbocycles. The van der Waals surface area contributed by atoms with E-state index in [0.717, 1.165) is 25.8 Å². The van der Waals surface area contributed by atoms with Crippen LogP contribution >= 0.6 is 0 Å². The largest absolute Gasteiger partial charge is 0.337 e. The van der Waals surface area contributed by atoms with Gasteiger partial charge in [-0.2, -0.15) is 0 Å². The van der Waals surface area contributed by atoms with Gasteiger partial charge in [-0.15, -0.1) is 0 Å². The third-order valence-corrected chi connectivity index (χ3v) is 4.99. The van der Waals surface area contributed by atoms with E-state index in [1.165, 1.54) is 28.9 Å². The Morgan fingerprint density at radius 3 is 2.04 bits per heavy atom. The van der Waals surface area contributed by atoms with Crippen molar-refractivity contribution in [3.63, 3.8) is 0 Å². The highest BCUT2D eigenvalue weighted by molar-refractivity contribution is 5.72. The average molecular weight is 323 g/mol. The lowest BCUT2D eigenvalue weighted by Gasteiger charge is -2.37. The van der Waals surface area contributed by atoms with E-state index in [1.54, 1.807) is 0 Å². The first-order chi connectivity index (χ1) is 11.7. The molecular weight excluding hydrogens is 294 g/mol. The molecule has 1 unspecified atom stereocenters. The third-order valence-electron chi connectivity index (χ3n) is 4.99. The van der Waals surface area contributed by atoms with Gasteiger partial charge in [-0.05, 0) is 49.6 Å². The van der Waals surface area contributed by atoms with Crippen LogP contribution in [0.2, 0.25) is 0 Å². The smallest absolute Gasteiger partial charge is 0.0469 e. The molecule has 0 radical (unpaired) electrons. The number of nitrogens with zero attached hydrogens (tertiary/aromatic N) is 2. The van der Waals surface area contributed by atoms with Crippen LogP contribution in [-0.4, -0.2) is 31.2 Å². The van der Waals surface area contributed by atoms with Gasteiger partial charge in [0.1, 0.15) is 0 Å². The van der Waals surface area contributed by atoms with E-state index in [9.17, 15) is 0 Å². The number of hydrogen-bond acceptors (Lipinski definition) is 3. The number of nitrogens with two attached hydrogens (primary N) is 1. The van der Waals surface area contributed by atoms with E-state index in [-0.39, 0.29) is 0 Å². The van der Waals surface area contributed by atoms with Gasteiger partial charge in [-0.3, -0.25) is 4.90 Å². The first kappa shape index (κ1) is 17.0. The average Bonchev–Trinajstić information content (AvgIpc) is 2.78. The predicted octanol–water partition coefficient (Wildman–Crippen LogP) is 3.94. The van der Waals surface area contributed by atoms with E-state index >= 15 is 0 Å². The van der Waals surface area contributed by atoms with Crippen LogP contribution in [-0.2, 0) is 12.8 Å². The quantitative estimate of drug-likeness (QED) is 0.817. The van der Waals surface area contributed by atoms with E-state index in [1.807, 2.05) is 0 Å². The lowest BCUT2D eigenvalue weighted by molar-refractivity contribution is 0.311. The Labute approximate surface area is 146 Å². The normalized spacial score (nSPS) is 14.9. The van der Waals surface area contributed by atoms with Gasteiger partial charge in [0, 0.05) is 30.6 Å². The summed E-state index contributed by atoms with van der Waals surface area (Å²) in [6.45, 7) is 3.84. The van der Waals surface area contributed by atoms with Crippen LogP contribution in [0.1, 0.15) is 30.9 Å². The number of para-hydroxylation sites is 2. The molecular formula is C21H29N3. The van der Waals surface area contributed by atoms with Crippen LogP contribution in [0.5, 0.6) is 0 Å². The maximum Gasteiger partial charge on any atom is 0.0469 e. The maximum atomic E-state index is 5.87. The zero-order chi connectivity index (χ0) is 16.9. The zero-order valence-electron chi connectivity index (χ0n) is 14.9. The van der Waals surface area contributed by atoms with Gasteiger partial charge in [-0.25, -0.2) is 0 Å². The molecule has 0 spiro atoms. The van der Waals surface area contributed by atoms with Crippen LogP contribution in [0, 0.1) is 0 Å². The van der Waals surface area contributed by atoms with Crippen LogP contribution < -0.4 is 10.6 Å². The Morgan fingerprint density at radius 2 is 1.54 bits per heavy atom. The molecule has 0 amide bonds. The molecule has 1 heterocycles. The lowest BCUT2D eigenvalue weighted by Crippen LogP contribution is -2.42. The predicted molar refractivity (Wildman–Crippen MR) is 103 cm³/mol. The fourth-order valence-corrected chi connectivity index (χ4v) is 3.78. The van der Waals surface area contributed by atoms with Crippen molar-refractivity contribution < 1.29 is 0 Å². The number of anilines is 2. The fourth-order valence-electron chi connectivity index (χ4n) is 3.78. The summed E-state index contributed by atoms with van der Waals surface area (Å²) >= 11 is 0. The van der Waals surface area contributed by atoms with Crippen molar-refractivity contribution in [2.45, 2.75) is 38.6 Å². The van der Waals surface area contributed by atoms with Gasteiger partial charge in [-0.1, -0.05) is 49.7 Å². The van der Waals surface area contributed by atoms with Gasteiger partial charge in [0.05, 0.1) is 0 Å². The maximum absolute atomic E-state index is 5.87. The minimum Gasteiger partial charge on any atom is -0.337 e. The molecule has 0 aromatic heterocycles. The number of rotatable bonds is 6. The van der Waals surface area contributed by atoms with Gasteiger partial charge < -0.3 is 10.6 Å². The second kappa shape index (κ2) is 7.82. The van der Waals surface area contributed by atoms with Crippen molar-refractivity contribution >= 4 is 11.4 Å². The topological polar surface area (TPSA) is 32.5 Å².